The third-order valence-corrected chi connectivity index (χ3v) is 1.84. The van der Waals surface area contributed by atoms with Crippen molar-refractivity contribution in [3.05, 3.63) is 0 Å². The molecule has 0 N–H and O–H groups in total. The normalized spacial score (nSPS) is 17.4. The molecule has 1 aliphatic rings. The summed E-state index contributed by atoms with van der Waals surface area (Å²) >= 11 is 4.78. The van der Waals surface area contributed by atoms with Crippen LogP contribution in [0.15, 0.2) is 0 Å². The molecule has 0 aromatic carbocycles. The zero-order valence-electron chi connectivity index (χ0n) is 5.13. The SMILES string of the molecule is N#CC(=S)N1CCCC1. The summed E-state index contributed by atoms with van der Waals surface area (Å²) in [6, 6.07) is 1.96. The van der Waals surface area contributed by atoms with Crippen LogP contribution in [0.4, 0.5) is 0 Å². The fourth-order valence-corrected chi connectivity index (χ4v) is 1.17. The third kappa shape index (κ3) is 1.39. The molecule has 9 heavy (non-hydrogen) atoms. The van der Waals surface area contributed by atoms with E-state index in [0.717, 1.165) is 13.1 Å². The molecular formula is C6H8N2S. The van der Waals surface area contributed by atoms with E-state index in [1.807, 2.05) is 11.0 Å². The standard InChI is InChI=1S/C6H8N2S/c7-5-6(9)8-3-1-2-4-8/h1-4H2. The summed E-state index contributed by atoms with van der Waals surface area (Å²) in [6.07, 6.45) is 2.36. The second-order valence-corrected chi connectivity index (χ2v) is 2.50. The van der Waals surface area contributed by atoms with Crippen molar-refractivity contribution >= 4 is 17.2 Å². The lowest BCUT2D eigenvalue weighted by Gasteiger charge is -2.11. The second kappa shape index (κ2) is 2.79. The lowest BCUT2D eigenvalue weighted by Crippen LogP contribution is -2.24. The van der Waals surface area contributed by atoms with Gasteiger partial charge in [-0.2, -0.15) is 5.26 Å². The van der Waals surface area contributed by atoms with Crippen LogP contribution in [0.1, 0.15) is 12.8 Å². The number of likely N-dealkylation sites (tertiary alicyclic amines) is 1. The molecule has 3 heteroatoms. The van der Waals surface area contributed by atoms with Crippen molar-refractivity contribution in [2.45, 2.75) is 12.8 Å². The highest BCUT2D eigenvalue weighted by Gasteiger charge is 2.13. The molecule has 0 aliphatic carbocycles. The van der Waals surface area contributed by atoms with Crippen LogP contribution in [0.5, 0.6) is 0 Å². The molecule has 0 spiro atoms. The predicted octanol–water partition coefficient (Wildman–Crippen LogP) is 0.933. The number of hydrogen-bond acceptors (Lipinski definition) is 2. The summed E-state index contributed by atoms with van der Waals surface area (Å²) in [5.74, 6) is 0. The Morgan fingerprint density at radius 3 is 2.44 bits per heavy atom. The molecule has 0 radical (unpaired) electrons. The van der Waals surface area contributed by atoms with Crippen LogP contribution >= 0.6 is 12.2 Å². The van der Waals surface area contributed by atoms with Gasteiger partial charge in [-0.15, -0.1) is 0 Å². The second-order valence-electron chi connectivity index (χ2n) is 2.11. The topological polar surface area (TPSA) is 27.0 Å². The van der Waals surface area contributed by atoms with E-state index in [1.54, 1.807) is 0 Å². The summed E-state index contributed by atoms with van der Waals surface area (Å²) in [6.45, 7) is 1.96. The zero-order chi connectivity index (χ0) is 6.69. The Balaban J connectivity index is 2.44. The zero-order valence-corrected chi connectivity index (χ0v) is 5.95. The molecule has 0 aromatic heterocycles. The van der Waals surface area contributed by atoms with Gasteiger partial charge in [-0.1, -0.05) is 0 Å². The molecule has 0 saturated carbocycles. The van der Waals surface area contributed by atoms with E-state index in [9.17, 15) is 0 Å². The highest BCUT2D eigenvalue weighted by atomic mass is 32.1. The van der Waals surface area contributed by atoms with Crippen LogP contribution in [0.2, 0.25) is 0 Å². The molecule has 1 aliphatic heterocycles. The molecule has 0 amide bonds. The van der Waals surface area contributed by atoms with Gasteiger partial charge in [0.15, 0.2) is 4.99 Å². The fraction of sp³-hybridized carbons (Fsp3) is 0.667. The largest absolute Gasteiger partial charge is 0.354 e. The molecule has 1 rings (SSSR count). The summed E-state index contributed by atoms with van der Waals surface area (Å²) in [4.78, 5) is 2.41. The van der Waals surface area contributed by atoms with Crippen molar-refractivity contribution in [2.24, 2.45) is 0 Å². The predicted molar refractivity (Wildman–Crippen MR) is 39.0 cm³/mol. The van der Waals surface area contributed by atoms with Crippen molar-refractivity contribution in [1.82, 2.24) is 4.90 Å². The molecule has 0 atom stereocenters. The molecule has 0 aromatic rings. The first-order chi connectivity index (χ1) is 4.34. The van der Waals surface area contributed by atoms with E-state index in [2.05, 4.69) is 0 Å². The molecule has 1 heterocycles. The van der Waals surface area contributed by atoms with Crippen molar-refractivity contribution in [1.29, 1.82) is 5.26 Å². The van der Waals surface area contributed by atoms with E-state index < -0.39 is 0 Å². The number of rotatable bonds is 0. The van der Waals surface area contributed by atoms with Gasteiger partial charge in [0.25, 0.3) is 0 Å². The van der Waals surface area contributed by atoms with Gasteiger partial charge in [0.2, 0.25) is 0 Å². The average molecular weight is 140 g/mol. The maximum Gasteiger partial charge on any atom is 0.180 e. The molecule has 0 bridgehead atoms. The first kappa shape index (κ1) is 6.50. The highest BCUT2D eigenvalue weighted by molar-refractivity contribution is 7.80. The molecule has 1 saturated heterocycles. The maximum atomic E-state index is 8.36. The van der Waals surface area contributed by atoms with E-state index >= 15 is 0 Å². The molecular weight excluding hydrogens is 132 g/mol. The van der Waals surface area contributed by atoms with E-state index in [1.165, 1.54) is 12.8 Å². The summed E-state index contributed by atoms with van der Waals surface area (Å²) < 4.78 is 0. The molecule has 2 nitrogen and oxygen atoms in total. The summed E-state index contributed by atoms with van der Waals surface area (Å²) in [7, 11) is 0. The monoisotopic (exact) mass is 140 g/mol. The fourth-order valence-electron chi connectivity index (χ4n) is 0.991. The van der Waals surface area contributed by atoms with Crippen molar-refractivity contribution in [3.63, 3.8) is 0 Å². The Morgan fingerprint density at radius 2 is 2.00 bits per heavy atom. The first-order valence-electron chi connectivity index (χ1n) is 3.03. The smallest absolute Gasteiger partial charge is 0.180 e. The van der Waals surface area contributed by atoms with Gasteiger partial charge in [-0.05, 0) is 25.1 Å². The van der Waals surface area contributed by atoms with Crippen LogP contribution in [0, 0.1) is 11.3 Å². The van der Waals surface area contributed by atoms with Crippen molar-refractivity contribution in [3.8, 4) is 6.07 Å². The number of nitriles is 1. The summed E-state index contributed by atoms with van der Waals surface area (Å²) in [5.41, 5.74) is 0. The Hall–Kier alpha value is -0.620. The Labute approximate surface area is 60.1 Å². The Morgan fingerprint density at radius 1 is 1.44 bits per heavy atom. The lowest BCUT2D eigenvalue weighted by molar-refractivity contribution is 0.533. The quantitative estimate of drug-likeness (QED) is 0.468. The highest BCUT2D eigenvalue weighted by Crippen LogP contribution is 2.07. The first-order valence-corrected chi connectivity index (χ1v) is 3.44. The van der Waals surface area contributed by atoms with Gasteiger partial charge in [-0.3, -0.25) is 0 Å². The minimum atomic E-state index is 0.451. The van der Waals surface area contributed by atoms with Gasteiger partial charge in [0, 0.05) is 13.1 Å². The third-order valence-electron chi connectivity index (χ3n) is 1.49. The van der Waals surface area contributed by atoms with Gasteiger partial charge in [0.1, 0.15) is 6.07 Å². The Bertz CT molecular complexity index is 153. The van der Waals surface area contributed by atoms with Crippen molar-refractivity contribution in [2.75, 3.05) is 13.1 Å². The minimum absolute atomic E-state index is 0.451. The van der Waals surface area contributed by atoms with Gasteiger partial charge >= 0.3 is 0 Å². The number of thiocarbonyl (C=S) groups is 1. The minimum Gasteiger partial charge on any atom is -0.354 e. The van der Waals surface area contributed by atoms with Crippen molar-refractivity contribution < 1.29 is 0 Å². The van der Waals surface area contributed by atoms with Crippen LogP contribution in [-0.4, -0.2) is 23.0 Å². The van der Waals surface area contributed by atoms with E-state index in [-0.39, 0.29) is 0 Å². The summed E-state index contributed by atoms with van der Waals surface area (Å²) in [5, 5.41) is 8.36. The average Bonchev–Trinajstić information content (AvgIpc) is 2.37. The van der Waals surface area contributed by atoms with E-state index in [4.69, 9.17) is 17.5 Å². The van der Waals surface area contributed by atoms with E-state index in [0.29, 0.717) is 4.99 Å². The maximum absolute atomic E-state index is 8.36. The van der Waals surface area contributed by atoms with Crippen LogP contribution < -0.4 is 0 Å². The molecule has 0 unspecified atom stereocenters. The van der Waals surface area contributed by atoms with Crippen LogP contribution in [0.25, 0.3) is 0 Å². The number of hydrogen-bond donors (Lipinski definition) is 0. The Kier molecular flexibility index (Phi) is 2.01. The molecule has 48 valence electrons. The van der Waals surface area contributed by atoms with Gasteiger partial charge < -0.3 is 4.90 Å². The number of nitrogens with zero attached hydrogens (tertiary/aromatic N) is 2. The van der Waals surface area contributed by atoms with Crippen LogP contribution in [-0.2, 0) is 0 Å². The molecule has 1 fully saturated rings. The van der Waals surface area contributed by atoms with Crippen LogP contribution in [0.3, 0.4) is 0 Å². The van der Waals surface area contributed by atoms with Gasteiger partial charge in [-0.25, -0.2) is 0 Å². The lowest BCUT2D eigenvalue weighted by atomic mass is 10.4. The van der Waals surface area contributed by atoms with Gasteiger partial charge in [0.05, 0.1) is 0 Å².